The molecule has 0 spiro atoms. The van der Waals surface area contributed by atoms with E-state index in [1.165, 1.54) is 12.8 Å². The molecule has 1 aromatic carbocycles. The molecule has 0 aromatic heterocycles. The van der Waals surface area contributed by atoms with Gasteiger partial charge in [-0.05, 0) is 42.7 Å². The first-order chi connectivity index (χ1) is 9.90. The average Bonchev–Trinajstić information content (AvgIpc) is 2.38. The van der Waals surface area contributed by atoms with E-state index in [1.807, 2.05) is 0 Å². The Bertz CT molecular complexity index is 495. The summed E-state index contributed by atoms with van der Waals surface area (Å²) in [5.74, 6) is 1.57. The molecular weight excluding hydrogens is 305 g/mol. The van der Waals surface area contributed by atoms with Gasteiger partial charge in [0.05, 0.1) is 15.6 Å². The van der Waals surface area contributed by atoms with Crippen molar-refractivity contribution in [3.05, 3.63) is 33.8 Å². The number of hydrogen-bond acceptors (Lipinski definition) is 1. The van der Waals surface area contributed by atoms with Gasteiger partial charge in [-0.25, -0.2) is 0 Å². The monoisotopic (exact) mass is 327 g/mol. The van der Waals surface area contributed by atoms with Crippen molar-refractivity contribution in [2.75, 3.05) is 0 Å². The number of rotatable bonds is 3. The molecule has 1 aromatic rings. The highest BCUT2D eigenvalue weighted by Crippen LogP contribution is 2.34. The molecule has 116 valence electrons. The molecule has 1 N–H and O–H groups in total. The van der Waals surface area contributed by atoms with Gasteiger partial charge < -0.3 is 5.32 Å². The maximum Gasteiger partial charge on any atom is 0.254 e. The van der Waals surface area contributed by atoms with Gasteiger partial charge in [0.25, 0.3) is 5.91 Å². The average molecular weight is 328 g/mol. The molecule has 0 saturated heterocycles. The molecule has 4 heteroatoms. The highest BCUT2D eigenvalue weighted by atomic mass is 35.5. The summed E-state index contributed by atoms with van der Waals surface area (Å²) in [6, 6.07) is 5.35. The van der Waals surface area contributed by atoms with E-state index in [0.29, 0.717) is 33.4 Å². The fourth-order valence-electron chi connectivity index (χ4n) is 3.32. The molecule has 1 amide bonds. The Morgan fingerprint density at radius 2 is 1.86 bits per heavy atom. The van der Waals surface area contributed by atoms with Crippen molar-refractivity contribution in [3.63, 3.8) is 0 Å². The number of carbonyl (C=O) groups is 1. The Kier molecular flexibility index (Phi) is 5.56. The second-order valence-electron chi connectivity index (χ2n) is 6.50. The van der Waals surface area contributed by atoms with Gasteiger partial charge in [0, 0.05) is 6.04 Å². The van der Waals surface area contributed by atoms with Crippen LogP contribution >= 0.6 is 23.2 Å². The lowest BCUT2D eigenvalue weighted by Gasteiger charge is -2.37. The fourth-order valence-corrected chi connectivity index (χ4v) is 3.89. The van der Waals surface area contributed by atoms with Gasteiger partial charge in [0.1, 0.15) is 0 Å². The minimum Gasteiger partial charge on any atom is -0.349 e. The van der Waals surface area contributed by atoms with E-state index in [9.17, 15) is 4.79 Å². The Morgan fingerprint density at radius 1 is 1.24 bits per heavy atom. The zero-order valence-electron chi connectivity index (χ0n) is 12.8. The van der Waals surface area contributed by atoms with Crippen molar-refractivity contribution in [3.8, 4) is 0 Å². The lowest BCUT2D eigenvalue weighted by Crippen LogP contribution is -2.45. The van der Waals surface area contributed by atoms with Crippen molar-refractivity contribution in [2.45, 2.75) is 46.1 Å². The lowest BCUT2D eigenvalue weighted by atomic mass is 9.74. The molecule has 2 rings (SSSR count). The van der Waals surface area contributed by atoms with Crippen LogP contribution in [0, 0.1) is 17.8 Å². The summed E-state index contributed by atoms with van der Waals surface area (Å²) in [4.78, 5) is 12.5. The third-order valence-electron chi connectivity index (χ3n) is 4.53. The van der Waals surface area contributed by atoms with Gasteiger partial charge in [0.2, 0.25) is 0 Å². The normalized spacial score (nSPS) is 25.9. The predicted molar refractivity (Wildman–Crippen MR) is 89.1 cm³/mol. The number of benzene rings is 1. The third-order valence-corrected chi connectivity index (χ3v) is 5.16. The maximum atomic E-state index is 12.5. The van der Waals surface area contributed by atoms with Crippen LogP contribution in [-0.2, 0) is 0 Å². The molecule has 21 heavy (non-hydrogen) atoms. The van der Waals surface area contributed by atoms with Gasteiger partial charge in [-0.1, -0.05) is 56.5 Å². The predicted octanol–water partition coefficient (Wildman–Crippen LogP) is 5.18. The standard InChI is InChI=1S/C17H23Cl2NO/c1-10(2)12-8-7-11(3)9-15(12)20-17(21)16-13(18)5-4-6-14(16)19/h4-6,10-12,15H,7-9H2,1-3H3,(H,20,21)/t11-,12+,15+/m0/s1. The van der Waals surface area contributed by atoms with Crippen LogP contribution in [-0.4, -0.2) is 11.9 Å². The number of halogens is 2. The Balaban J connectivity index is 2.17. The molecule has 0 radical (unpaired) electrons. The Morgan fingerprint density at radius 3 is 2.43 bits per heavy atom. The van der Waals surface area contributed by atoms with Gasteiger partial charge in [0.15, 0.2) is 0 Å². The van der Waals surface area contributed by atoms with Crippen molar-refractivity contribution in [2.24, 2.45) is 17.8 Å². The molecule has 0 bridgehead atoms. The molecular formula is C17H23Cl2NO. The molecule has 1 fully saturated rings. The molecule has 0 unspecified atom stereocenters. The van der Waals surface area contributed by atoms with Crippen LogP contribution in [0.3, 0.4) is 0 Å². The molecule has 1 saturated carbocycles. The van der Waals surface area contributed by atoms with E-state index in [4.69, 9.17) is 23.2 Å². The highest BCUT2D eigenvalue weighted by Gasteiger charge is 2.32. The minimum absolute atomic E-state index is 0.157. The lowest BCUT2D eigenvalue weighted by molar-refractivity contribution is 0.0868. The van der Waals surface area contributed by atoms with Gasteiger partial charge in [-0.3, -0.25) is 4.79 Å². The second kappa shape index (κ2) is 7.02. The van der Waals surface area contributed by atoms with Crippen LogP contribution in [0.4, 0.5) is 0 Å². The third kappa shape index (κ3) is 3.92. The maximum absolute atomic E-state index is 12.5. The van der Waals surface area contributed by atoms with Crippen molar-refractivity contribution >= 4 is 29.1 Å². The van der Waals surface area contributed by atoms with Crippen LogP contribution in [0.5, 0.6) is 0 Å². The van der Waals surface area contributed by atoms with Gasteiger partial charge in [-0.2, -0.15) is 0 Å². The first kappa shape index (κ1) is 16.6. The van der Waals surface area contributed by atoms with Crippen LogP contribution in [0.15, 0.2) is 18.2 Å². The fraction of sp³-hybridized carbons (Fsp3) is 0.588. The molecule has 1 aliphatic rings. The zero-order valence-corrected chi connectivity index (χ0v) is 14.3. The molecule has 3 atom stereocenters. The summed E-state index contributed by atoms with van der Waals surface area (Å²) in [6.07, 6.45) is 3.43. The highest BCUT2D eigenvalue weighted by molar-refractivity contribution is 6.39. The van der Waals surface area contributed by atoms with Crippen LogP contribution in [0.2, 0.25) is 10.0 Å². The van der Waals surface area contributed by atoms with Crippen LogP contribution in [0.25, 0.3) is 0 Å². The van der Waals surface area contributed by atoms with E-state index in [0.717, 1.165) is 6.42 Å². The second-order valence-corrected chi connectivity index (χ2v) is 7.32. The van der Waals surface area contributed by atoms with E-state index in [-0.39, 0.29) is 11.9 Å². The van der Waals surface area contributed by atoms with Gasteiger partial charge in [-0.15, -0.1) is 0 Å². The summed E-state index contributed by atoms with van der Waals surface area (Å²) in [7, 11) is 0. The summed E-state index contributed by atoms with van der Waals surface area (Å²) in [5, 5.41) is 3.99. The van der Waals surface area contributed by atoms with E-state index in [1.54, 1.807) is 18.2 Å². The number of amides is 1. The van der Waals surface area contributed by atoms with Gasteiger partial charge >= 0.3 is 0 Å². The summed E-state index contributed by atoms with van der Waals surface area (Å²) < 4.78 is 0. The molecule has 0 aliphatic heterocycles. The zero-order chi connectivity index (χ0) is 15.6. The quantitative estimate of drug-likeness (QED) is 0.813. The van der Waals surface area contributed by atoms with Crippen molar-refractivity contribution in [1.29, 1.82) is 0 Å². The number of nitrogens with one attached hydrogen (secondary N) is 1. The Labute approximate surface area is 137 Å². The number of carbonyl (C=O) groups excluding carboxylic acids is 1. The van der Waals surface area contributed by atoms with E-state index in [2.05, 4.69) is 26.1 Å². The van der Waals surface area contributed by atoms with Crippen LogP contribution in [0.1, 0.15) is 50.4 Å². The smallest absolute Gasteiger partial charge is 0.254 e. The minimum atomic E-state index is -0.157. The first-order valence-corrected chi connectivity index (χ1v) is 8.40. The molecule has 2 nitrogen and oxygen atoms in total. The van der Waals surface area contributed by atoms with Crippen LogP contribution < -0.4 is 5.32 Å². The SMILES string of the molecule is CC(C)[C@H]1CC[C@H](C)C[C@H]1NC(=O)c1c(Cl)cccc1Cl. The van der Waals surface area contributed by atoms with Crippen molar-refractivity contribution in [1.82, 2.24) is 5.32 Å². The summed E-state index contributed by atoms with van der Waals surface area (Å²) >= 11 is 12.2. The largest absolute Gasteiger partial charge is 0.349 e. The number of hydrogen-bond donors (Lipinski definition) is 1. The van der Waals surface area contributed by atoms with E-state index < -0.39 is 0 Å². The summed E-state index contributed by atoms with van der Waals surface area (Å²) in [5.41, 5.74) is 0.390. The molecule has 0 heterocycles. The topological polar surface area (TPSA) is 29.1 Å². The van der Waals surface area contributed by atoms with E-state index >= 15 is 0 Å². The molecule has 1 aliphatic carbocycles. The van der Waals surface area contributed by atoms with Crippen molar-refractivity contribution < 1.29 is 4.79 Å². The Hall–Kier alpha value is -0.730. The first-order valence-electron chi connectivity index (χ1n) is 7.65. The summed E-state index contributed by atoms with van der Waals surface area (Å²) in [6.45, 7) is 6.70.